The van der Waals surface area contributed by atoms with E-state index < -0.39 is 16.1 Å². The molecule has 218 valence electrons. The summed E-state index contributed by atoms with van der Waals surface area (Å²) in [6, 6.07) is 15.8. The third kappa shape index (κ3) is 5.32. The van der Waals surface area contributed by atoms with Crippen LogP contribution in [0, 0.1) is 27.9 Å². The lowest BCUT2D eigenvalue weighted by Gasteiger charge is -2.59. The van der Waals surface area contributed by atoms with Gasteiger partial charge in [-0.2, -0.15) is 0 Å². The number of esters is 1. The van der Waals surface area contributed by atoms with Crippen molar-refractivity contribution in [3.05, 3.63) is 75.8 Å². The number of likely N-dealkylation sites (N-methyl/N-ethyl adjacent to an activating group) is 1. The molecule has 1 N–H and O–H groups in total. The average Bonchev–Trinajstić information content (AvgIpc) is 3.16. The number of fused-ring (bicyclic) bond motifs is 1. The molecule has 4 aliphatic rings. The molecule has 10 nitrogen and oxygen atoms in total. The van der Waals surface area contributed by atoms with Gasteiger partial charge >= 0.3 is 5.97 Å². The topological polar surface area (TPSA) is 122 Å². The van der Waals surface area contributed by atoms with Crippen LogP contribution in [0.2, 0.25) is 0 Å². The SMILES string of the molecule is CN1C(=O)[C@@H]2C[C@@H]3CN(Cc4ccc([N+](=O)[O-])cc4)[C@@H]([C@@H]2CCC(=O)OC(C)(C)C)[C@]31C(=O)NCc1ccccc1. The second kappa shape index (κ2) is 10.9. The van der Waals surface area contributed by atoms with Crippen molar-refractivity contribution in [1.82, 2.24) is 15.1 Å². The number of carbonyl (C=O) groups is 3. The summed E-state index contributed by atoms with van der Waals surface area (Å²) in [7, 11) is 1.73. The van der Waals surface area contributed by atoms with Gasteiger partial charge in [0.1, 0.15) is 11.1 Å². The summed E-state index contributed by atoms with van der Waals surface area (Å²) in [6.45, 7) is 6.90. The van der Waals surface area contributed by atoms with Crippen molar-refractivity contribution < 1.29 is 24.0 Å². The summed E-state index contributed by atoms with van der Waals surface area (Å²) in [5.74, 6) is -1.14. The summed E-state index contributed by atoms with van der Waals surface area (Å²) >= 11 is 0. The van der Waals surface area contributed by atoms with Gasteiger partial charge in [0.2, 0.25) is 11.8 Å². The van der Waals surface area contributed by atoms with Crippen LogP contribution in [-0.4, -0.2) is 63.3 Å². The molecule has 3 heterocycles. The van der Waals surface area contributed by atoms with E-state index in [-0.39, 0.29) is 53.7 Å². The van der Waals surface area contributed by atoms with Crippen molar-refractivity contribution in [3.8, 4) is 0 Å². The molecular formula is C31H38N4O6. The standard InChI is InChI=1S/C31H38N4O6/c1-30(2,3)41-26(36)15-14-24-25-16-22-19-34(18-21-10-12-23(13-11-21)35(39)40)27(24)31(22,33(4)28(25)37)29(38)32-17-20-8-6-5-7-9-20/h5-13,22,24-25,27H,14-19H2,1-4H3,(H,32,38)/t22-,24-,25-,27+,31+/m1/s1. The van der Waals surface area contributed by atoms with Crippen LogP contribution >= 0.6 is 0 Å². The van der Waals surface area contributed by atoms with Gasteiger partial charge in [0.25, 0.3) is 5.69 Å². The number of ether oxygens (including phenoxy) is 1. The number of benzene rings is 2. The van der Waals surface area contributed by atoms with Gasteiger partial charge < -0.3 is 15.0 Å². The Kier molecular flexibility index (Phi) is 7.63. The maximum absolute atomic E-state index is 14.3. The third-order valence-electron chi connectivity index (χ3n) is 8.88. The Labute approximate surface area is 240 Å². The predicted molar refractivity (Wildman–Crippen MR) is 151 cm³/mol. The molecule has 0 aromatic heterocycles. The monoisotopic (exact) mass is 562 g/mol. The van der Waals surface area contributed by atoms with Gasteiger partial charge in [0.05, 0.1) is 4.92 Å². The number of non-ortho nitro benzene ring substituents is 1. The smallest absolute Gasteiger partial charge is 0.306 e. The fourth-order valence-corrected chi connectivity index (χ4v) is 7.34. The number of likely N-dealkylation sites (tertiary alicyclic amines) is 1. The van der Waals surface area contributed by atoms with E-state index in [2.05, 4.69) is 10.2 Å². The van der Waals surface area contributed by atoms with Crippen LogP contribution in [0.25, 0.3) is 0 Å². The Morgan fingerprint density at radius 3 is 2.41 bits per heavy atom. The second-order valence-electron chi connectivity index (χ2n) is 12.5. The summed E-state index contributed by atoms with van der Waals surface area (Å²) in [5, 5.41) is 14.3. The highest BCUT2D eigenvalue weighted by atomic mass is 16.6. The van der Waals surface area contributed by atoms with Gasteiger partial charge in [-0.1, -0.05) is 42.5 Å². The molecule has 3 aliphatic heterocycles. The molecule has 41 heavy (non-hydrogen) atoms. The van der Waals surface area contributed by atoms with Crippen LogP contribution in [0.1, 0.15) is 51.2 Å². The van der Waals surface area contributed by atoms with Gasteiger partial charge in [-0.05, 0) is 50.7 Å². The predicted octanol–water partition coefficient (Wildman–Crippen LogP) is 3.68. The minimum Gasteiger partial charge on any atom is -0.460 e. The minimum atomic E-state index is -1.08. The molecule has 1 aliphatic carbocycles. The van der Waals surface area contributed by atoms with Gasteiger partial charge in [0.15, 0.2) is 0 Å². The van der Waals surface area contributed by atoms with Gasteiger partial charge in [0, 0.05) is 63.1 Å². The number of nitrogens with zero attached hydrogens (tertiary/aromatic N) is 3. The average molecular weight is 563 g/mol. The molecule has 0 spiro atoms. The Hall–Kier alpha value is -3.79. The number of nitrogens with one attached hydrogen (secondary N) is 1. The highest BCUT2D eigenvalue weighted by Crippen LogP contribution is 2.57. The highest BCUT2D eigenvalue weighted by molar-refractivity contribution is 5.97. The van der Waals surface area contributed by atoms with E-state index >= 15 is 0 Å². The number of nitro benzene ring substituents is 1. The quantitative estimate of drug-likeness (QED) is 0.281. The first-order valence-corrected chi connectivity index (χ1v) is 14.2. The lowest BCUT2D eigenvalue weighted by Crippen LogP contribution is -2.77. The molecule has 4 bridgehead atoms. The van der Waals surface area contributed by atoms with Crippen LogP contribution in [0.3, 0.4) is 0 Å². The third-order valence-corrected chi connectivity index (χ3v) is 8.88. The minimum absolute atomic E-state index is 0.0188. The normalized spacial score (nSPS) is 27.1. The van der Waals surface area contributed by atoms with E-state index in [1.54, 1.807) is 24.1 Å². The number of hydrogen-bond donors (Lipinski definition) is 1. The fourth-order valence-electron chi connectivity index (χ4n) is 7.34. The van der Waals surface area contributed by atoms with Gasteiger partial charge in [-0.25, -0.2) is 0 Å². The number of piperidine rings is 2. The molecule has 6 rings (SSSR count). The van der Waals surface area contributed by atoms with Crippen LogP contribution in [0.5, 0.6) is 0 Å². The first-order chi connectivity index (χ1) is 19.4. The maximum Gasteiger partial charge on any atom is 0.306 e. The number of nitro groups is 1. The Morgan fingerprint density at radius 1 is 1.10 bits per heavy atom. The molecule has 0 radical (unpaired) electrons. The zero-order valence-corrected chi connectivity index (χ0v) is 24.0. The lowest BCUT2D eigenvalue weighted by molar-refractivity contribution is -0.384. The summed E-state index contributed by atoms with van der Waals surface area (Å²) < 4.78 is 5.57. The van der Waals surface area contributed by atoms with E-state index in [9.17, 15) is 24.5 Å². The van der Waals surface area contributed by atoms with E-state index in [0.29, 0.717) is 32.5 Å². The van der Waals surface area contributed by atoms with Crippen LogP contribution < -0.4 is 5.32 Å². The Morgan fingerprint density at radius 2 is 1.78 bits per heavy atom. The molecule has 0 unspecified atom stereocenters. The molecule has 5 atom stereocenters. The summed E-state index contributed by atoms with van der Waals surface area (Å²) in [6.07, 6.45) is 1.17. The molecule has 4 fully saturated rings. The molecule has 10 heteroatoms. The van der Waals surface area contributed by atoms with Crippen molar-refractivity contribution in [1.29, 1.82) is 0 Å². The number of hydrogen-bond acceptors (Lipinski definition) is 7. The number of carbonyl (C=O) groups excluding carboxylic acids is 3. The van der Waals surface area contributed by atoms with Crippen LogP contribution in [0.4, 0.5) is 5.69 Å². The Balaban J connectivity index is 1.47. The van der Waals surface area contributed by atoms with Crippen LogP contribution in [0.15, 0.2) is 54.6 Å². The van der Waals surface area contributed by atoms with E-state index in [0.717, 1.165) is 11.1 Å². The van der Waals surface area contributed by atoms with Crippen molar-refractivity contribution >= 4 is 23.5 Å². The maximum atomic E-state index is 14.3. The molecule has 3 saturated heterocycles. The zero-order valence-electron chi connectivity index (χ0n) is 24.0. The molecule has 2 aromatic rings. The molecule has 1 saturated carbocycles. The van der Waals surface area contributed by atoms with Crippen molar-refractivity contribution in [2.24, 2.45) is 17.8 Å². The first-order valence-electron chi connectivity index (χ1n) is 14.2. The van der Waals surface area contributed by atoms with Crippen LogP contribution in [-0.2, 0) is 32.2 Å². The van der Waals surface area contributed by atoms with E-state index in [4.69, 9.17) is 4.74 Å². The van der Waals surface area contributed by atoms with Crippen molar-refractivity contribution in [3.63, 3.8) is 0 Å². The molecular weight excluding hydrogens is 524 g/mol. The van der Waals surface area contributed by atoms with E-state index in [1.807, 2.05) is 51.1 Å². The summed E-state index contributed by atoms with van der Waals surface area (Å²) in [4.78, 5) is 55.3. The molecule has 2 aromatic carbocycles. The van der Waals surface area contributed by atoms with E-state index in [1.165, 1.54) is 12.1 Å². The lowest BCUT2D eigenvalue weighted by atomic mass is 9.57. The van der Waals surface area contributed by atoms with Crippen molar-refractivity contribution in [2.75, 3.05) is 13.6 Å². The Bertz CT molecular complexity index is 1320. The number of amides is 2. The highest BCUT2D eigenvalue weighted by Gasteiger charge is 2.72. The zero-order chi connectivity index (χ0) is 29.5. The fraction of sp³-hybridized carbons (Fsp3) is 0.516. The number of rotatable bonds is 9. The second-order valence-corrected chi connectivity index (χ2v) is 12.5. The molecule has 2 amide bonds. The first kappa shape index (κ1) is 28.7. The van der Waals surface area contributed by atoms with Crippen molar-refractivity contribution in [2.45, 2.75) is 70.3 Å². The largest absolute Gasteiger partial charge is 0.460 e. The summed E-state index contributed by atoms with van der Waals surface area (Å²) in [5.41, 5.74) is 0.175. The van der Waals surface area contributed by atoms with Gasteiger partial charge in [-0.15, -0.1) is 0 Å². The van der Waals surface area contributed by atoms with Gasteiger partial charge in [-0.3, -0.25) is 29.4 Å².